The Morgan fingerprint density at radius 2 is 2.09 bits per heavy atom. The molecule has 0 radical (unpaired) electrons. The van der Waals surface area contributed by atoms with Crippen molar-refractivity contribution in [2.75, 3.05) is 44.9 Å². The lowest BCUT2D eigenvalue weighted by Crippen LogP contribution is -2.16. The minimum atomic E-state index is 0.517. The fourth-order valence-electron chi connectivity index (χ4n) is 2.00. The number of rotatable bonds is 8. The molecule has 23 heavy (non-hydrogen) atoms. The molecule has 2 aromatic rings. The largest absolute Gasteiger partial charge is 0.495 e. The average Bonchev–Trinajstić information content (AvgIpc) is 2.52. The van der Waals surface area contributed by atoms with Crippen LogP contribution in [0.1, 0.15) is 6.42 Å². The van der Waals surface area contributed by atoms with Crippen molar-refractivity contribution in [3.63, 3.8) is 0 Å². The van der Waals surface area contributed by atoms with Gasteiger partial charge in [0.25, 0.3) is 0 Å². The quantitative estimate of drug-likeness (QED) is 0.722. The molecule has 0 amide bonds. The molecule has 1 heterocycles. The van der Waals surface area contributed by atoms with Crippen LogP contribution in [0.4, 0.5) is 17.5 Å². The van der Waals surface area contributed by atoms with Gasteiger partial charge in [0.2, 0.25) is 5.95 Å². The average molecular weight is 336 g/mol. The van der Waals surface area contributed by atoms with E-state index in [2.05, 4.69) is 39.6 Å². The standard InChI is InChI=1S/C16H22ClN5O/c1-22(2)10-4-8-18-15-7-9-19-16(21-15)20-12-5-6-14(23-3)13(17)11-12/h5-7,9,11H,4,8,10H2,1-3H3,(H2,18,19,20,21). The third-order valence-electron chi connectivity index (χ3n) is 3.15. The Kier molecular flexibility index (Phi) is 6.43. The first kappa shape index (κ1) is 17.3. The summed E-state index contributed by atoms with van der Waals surface area (Å²) in [4.78, 5) is 10.8. The van der Waals surface area contributed by atoms with Gasteiger partial charge in [-0.05, 0) is 51.3 Å². The summed E-state index contributed by atoms with van der Waals surface area (Å²) in [5.74, 6) is 1.94. The van der Waals surface area contributed by atoms with E-state index >= 15 is 0 Å². The maximum atomic E-state index is 6.11. The molecule has 2 N–H and O–H groups in total. The molecule has 0 aliphatic heterocycles. The van der Waals surface area contributed by atoms with Gasteiger partial charge in [-0.3, -0.25) is 0 Å². The lowest BCUT2D eigenvalue weighted by Gasteiger charge is -2.11. The van der Waals surface area contributed by atoms with E-state index in [0.29, 0.717) is 16.7 Å². The topological polar surface area (TPSA) is 62.3 Å². The van der Waals surface area contributed by atoms with E-state index in [1.807, 2.05) is 12.1 Å². The molecule has 0 fully saturated rings. The van der Waals surface area contributed by atoms with Gasteiger partial charge in [-0.2, -0.15) is 4.98 Å². The number of anilines is 3. The molecule has 0 saturated heterocycles. The van der Waals surface area contributed by atoms with Gasteiger partial charge >= 0.3 is 0 Å². The zero-order valence-corrected chi connectivity index (χ0v) is 14.4. The van der Waals surface area contributed by atoms with Gasteiger partial charge in [0, 0.05) is 18.4 Å². The van der Waals surface area contributed by atoms with Gasteiger partial charge in [0.15, 0.2) is 0 Å². The molecule has 0 aliphatic rings. The lowest BCUT2D eigenvalue weighted by atomic mass is 10.3. The Balaban J connectivity index is 1.95. The Morgan fingerprint density at radius 1 is 1.26 bits per heavy atom. The second kappa shape index (κ2) is 8.55. The molecule has 7 heteroatoms. The third kappa shape index (κ3) is 5.58. The summed E-state index contributed by atoms with van der Waals surface area (Å²) in [7, 11) is 5.71. The number of benzene rings is 1. The monoisotopic (exact) mass is 335 g/mol. The number of methoxy groups -OCH3 is 1. The van der Waals surface area contributed by atoms with Crippen molar-refractivity contribution >= 4 is 29.1 Å². The smallest absolute Gasteiger partial charge is 0.229 e. The fourth-order valence-corrected chi connectivity index (χ4v) is 2.26. The normalized spacial score (nSPS) is 10.7. The predicted molar refractivity (Wildman–Crippen MR) is 95.0 cm³/mol. The second-order valence-corrected chi connectivity index (χ2v) is 5.73. The minimum Gasteiger partial charge on any atom is -0.495 e. The summed E-state index contributed by atoms with van der Waals surface area (Å²) >= 11 is 6.11. The van der Waals surface area contributed by atoms with Gasteiger partial charge in [-0.15, -0.1) is 0 Å². The number of hydrogen-bond donors (Lipinski definition) is 2. The van der Waals surface area contributed by atoms with Crippen molar-refractivity contribution in [1.82, 2.24) is 14.9 Å². The highest BCUT2D eigenvalue weighted by atomic mass is 35.5. The summed E-state index contributed by atoms with van der Waals surface area (Å²) in [6, 6.07) is 7.29. The SMILES string of the molecule is COc1ccc(Nc2nccc(NCCCN(C)C)n2)cc1Cl. The maximum absolute atomic E-state index is 6.11. The van der Waals surface area contributed by atoms with Crippen LogP contribution in [0.3, 0.4) is 0 Å². The van der Waals surface area contributed by atoms with Crippen molar-refractivity contribution < 1.29 is 4.74 Å². The molecule has 1 aromatic carbocycles. The van der Waals surface area contributed by atoms with Crippen LogP contribution in [0.15, 0.2) is 30.5 Å². The van der Waals surface area contributed by atoms with Crippen LogP contribution in [0, 0.1) is 0 Å². The molecule has 0 unspecified atom stereocenters. The van der Waals surface area contributed by atoms with Crippen LogP contribution >= 0.6 is 11.6 Å². The number of ether oxygens (including phenoxy) is 1. The minimum absolute atomic E-state index is 0.517. The number of aromatic nitrogens is 2. The Hall–Kier alpha value is -2.05. The highest BCUT2D eigenvalue weighted by Gasteiger charge is 2.04. The Labute approximate surface area is 141 Å². The Bertz CT molecular complexity index is 636. The molecule has 0 aliphatic carbocycles. The van der Waals surface area contributed by atoms with Crippen LogP contribution in [-0.2, 0) is 0 Å². The van der Waals surface area contributed by atoms with E-state index in [4.69, 9.17) is 16.3 Å². The Morgan fingerprint density at radius 3 is 2.78 bits per heavy atom. The number of nitrogens with zero attached hydrogens (tertiary/aromatic N) is 3. The summed E-state index contributed by atoms with van der Waals surface area (Å²) in [5.41, 5.74) is 0.806. The first-order chi connectivity index (χ1) is 11.1. The zero-order valence-electron chi connectivity index (χ0n) is 13.6. The summed E-state index contributed by atoms with van der Waals surface area (Å²) in [6.07, 6.45) is 2.77. The van der Waals surface area contributed by atoms with E-state index < -0.39 is 0 Å². The van der Waals surface area contributed by atoms with Gasteiger partial charge in [-0.25, -0.2) is 4.98 Å². The number of hydrogen-bond acceptors (Lipinski definition) is 6. The van der Waals surface area contributed by atoms with Crippen molar-refractivity contribution in [2.45, 2.75) is 6.42 Å². The first-order valence-electron chi connectivity index (χ1n) is 7.40. The highest BCUT2D eigenvalue weighted by molar-refractivity contribution is 6.32. The van der Waals surface area contributed by atoms with Crippen LogP contribution in [0.25, 0.3) is 0 Å². The lowest BCUT2D eigenvalue weighted by molar-refractivity contribution is 0.405. The van der Waals surface area contributed by atoms with Gasteiger partial charge in [-0.1, -0.05) is 11.6 Å². The molecule has 0 atom stereocenters. The van der Waals surface area contributed by atoms with Crippen LogP contribution in [0.2, 0.25) is 5.02 Å². The summed E-state index contributed by atoms with van der Waals surface area (Å²) in [6.45, 7) is 1.90. The van der Waals surface area contributed by atoms with Crippen molar-refractivity contribution in [3.05, 3.63) is 35.5 Å². The van der Waals surface area contributed by atoms with Gasteiger partial charge < -0.3 is 20.3 Å². The fraction of sp³-hybridized carbons (Fsp3) is 0.375. The molecular weight excluding hydrogens is 314 g/mol. The highest BCUT2D eigenvalue weighted by Crippen LogP contribution is 2.28. The van der Waals surface area contributed by atoms with Crippen molar-refractivity contribution in [2.24, 2.45) is 0 Å². The van der Waals surface area contributed by atoms with E-state index in [9.17, 15) is 0 Å². The molecule has 1 aromatic heterocycles. The van der Waals surface area contributed by atoms with Crippen LogP contribution in [0.5, 0.6) is 5.75 Å². The summed E-state index contributed by atoms with van der Waals surface area (Å²) in [5, 5.41) is 6.96. The van der Waals surface area contributed by atoms with Crippen molar-refractivity contribution in [3.8, 4) is 5.75 Å². The number of nitrogens with one attached hydrogen (secondary N) is 2. The number of halogens is 1. The molecule has 0 bridgehead atoms. The third-order valence-corrected chi connectivity index (χ3v) is 3.45. The molecule has 0 saturated carbocycles. The van der Waals surface area contributed by atoms with Crippen molar-refractivity contribution in [1.29, 1.82) is 0 Å². The second-order valence-electron chi connectivity index (χ2n) is 5.32. The van der Waals surface area contributed by atoms with E-state index in [1.54, 1.807) is 25.4 Å². The van der Waals surface area contributed by atoms with Gasteiger partial charge in [0.05, 0.1) is 12.1 Å². The van der Waals surface area contributed by atoms with Crippen LogP contribution < -0.4 is 15.4 Å². The van der Waals surface area contributed by atoms with E-state index in [-0.39, 0.29) is 0 Å². The zero-order chi connectivity index (χ0) is 16.7. The summed E-state index contributed by atoms with van der Waals surface area (Å²) < 4.78 is 5.14. The first-order valence-corrected chi connectivity index (χ1v) is 7.78. The molecule has 0 spiro atoms. The molecule has 2 rings (SSSR count). The molecule has 124 valence electrons. The van der Waals surface area contributed by atoms with E-state index in [1.165, 1.54) is 0 Å². The predicted octanol–water partition coefficient (Wildman–Crippen LogP) is 3.25. The van der Waals surface area contributed by atoms with Crippen LogP contribution in [-0.4, -0.2) is 49.2 Å². The maximum Gasteiger partial charge on any atom is 0.229 e. The molecular formula is C16H22ClN5O. The van der Waals surface area contributed by atoms with E-state index in [0.717, 1.165) is 31.0 Å². The molecule has 6 nitrogen and oxygen atoms in total. The van der Waals surface area contributed by atoms with Gasteiger partial charge in [0.1, 0.15) is 11.6 Å².